The molecule has 24 heavy (non-hydrogen) atoms. The van der Waals surface area contributed by atoms with E-state index in [1.165, 1.54) is 0 Å². The minimum atomic E-state index is -0.630. The van der Waals surface area contributed by atoms with Crippen LogP contribution in [0.4, 0.5) is 5.69 Å². The molecule has 3 rings (SSSR count). The van der Waals surface area contributed by atoms with Crippen molar-refractivity contribution in [2.24, 2.45) is 0 Å². The van der Waals surface area contributed by atoms with Crippen molar-refractivity contribution in [3.63, 3.8) is 0 Å². The average Bonchev–Trinajstić information content (AvgIpc) is 2.58. The van der Waals surface area contributed by atoms with E-state index < -0.39 is 11.4 Å². The van der Waals surface area contributed by atoms with E-state index in [-0.39, 0.29) is 12.2 Å². The highest BCUT2D eigenvalue weighted by Crippen LogP contribution is 2.20. The lowest BCUT2D eigenvalue weighted by Crippen LogP contribution is -2.22. The van der Waals surface area contributed by atoms with Gasteiger partial charge in [0.05, 0.1) is 17.5 Å². The molecule has 0 fully saturated rings. The normalized spacial score (nSPS) is 10.7. The van der Waals surface area contributed by atoms with Crippen LogP contribution in [0.2, 0.25) is 0 Å². The van der Waals surface area contributed by atoms with E-state index >= 15 is 0 Å². The molecule has 122 valence electrons. The van der Waals surface area contributed by atoms with Crippen LogP contribution in [0, 0.1) is 0 Å². The smallest absolute Gasteiger partial charge is 0.343 e. The van der Waals surface area contributed by atoms with Crippen LogP contribution in [-0.4, -0.2) is 17.1 Å². The predicted molar refractivity (Wildman–Crippen MR) is 94.1 cm³/mol. The maximum Gasteiger partial charge on any atom is 0.343 e. The summed E-state index contributed by atoms with van der Waals surface area (Å²) < 4.78 is 6.87. The molecule has 0 saturated carbocycles. The molecule has 0 amide bonds. The van der Waals surface area contributed by atoms with Crippen LogP contribution in [0.15, 0.2) is 59.5 Å². The summed E-state index contributed by atoms with van der Waals surface area (Å²) in [5.41, 5.74) is 7.70. The average molecular weight is 322 g/mol. The number of carbonyl (C=O) groups excluding carboxylic acids is 1. The van der Waals surface area contributed by atoms with Gasteiger partial charge in [-0.3, -0.25) is 4.79 Å². The minimum absolute atomic E-state index is 0.00168. The van der Waals surface area contributed by atoms with Gasteiger partial charge < -0.3 is 15.0 Å². The number of nitrogens with two attached hydrogens (primary N) is 1. The van der Waals surface area contributed by atoms with Gasteiger partial charge in [0, 0.05) is 18.4 Å². The lowest BCUT2D eigenvalue weighted by atomic mass is 10.1. The second-order valence-electron chi connectivity index (χ2n) is 5.45. The van der Waals surface area contributed by atoms with Crippen LogP contribution in [0.5, 0.6) is 0 Å². The Kier molecular flexibility index (Phi) is 4.33. The number of ether oxygens (including phenoxy) is 1. The Bertz CT molecular complexity index is 946. The highest BCUT2D eigenvalue weighted by molar-refractivity contribution is 5.97. The molecule has 0 atom stereocenters. The highest BCUT2D eigenvalue weighted by Gasteiger charge is 2.18. The van der Waals surface area contributed by atoms with Crippen LogP contribution in [-0.2, 0) is 11.3 Å². The number of pyridine rings is 1. The molecule has 0 saturated heterocycles. The van der Waals surface area contributed by atoms with Gasteiger partial charge in [-0.15, -0.1) is 0 Å². The summed E-state index contributed by atoms with van der Waals surface area (Å²) in [5.74, 6) is -0.630. The first kappa shape index (κ1) is 15.8. The van der Waals surface area contributed by atoms with Crippen LogP contribution >= 0.6 is 0 Å². The van der Waals surface area contributed by atoms with Gasteiger partial charge in [0.25, 0.3) is 0 Å². The number of nitrogens with zero attached hydrogens (tertiary/aromatic N) is 1. The van der Waals surface area contributed by atoms with Gasteiger partial charge in [0.15, 0.2) is 0 Å². The van der Waals surface area contributed by atoms with Gasteiger partial charge in [-0.05, 0) is 24.6 Å². The Balaban J connectivity index is 2.24. The van der Waals surface area contributed by atoms with Gasteiger partial charge in [-0.1, -0.05) is 36.4 Å². The van der Waals surface area contributed by atoms with E-state index in [0.29, 0.717) is 23.1 Å². The van der Waals surface area contributed by atoms with Crippen molar-refractivity contribution in [3.8, 4) is 0 Å². The van der Waals surface area contributed by atoms with Crippen molar-refractivity contribution in [1.29, 1.82) is 0 Å². The molecule has 3 aromatic rings. The van der Waals surface area contributed by atoms with Gasteiger partial charge in [-0.2, -0.15) is 0 Å². The molecule has 0 aliphatic rings. The fourth-order valence-corrected chi connectivity index (χ4v) is 2.73. The van der Waals surface area contributed by atoms with Crippen molar-refractivity contribution < 1.29 is 9.53 Å². The summed E-state index contributed by atoms with van der Waals surface area (Å²) in [5, 5.41) is 0.346. The number of nitrogen functional groups attached to an aromatic ring is 1. The number of benzene rings is 2. The molecule has 0 aliphatic heterocycles. The number of hydrogen-bond acceptors (Lipinski definition) is 4. The zero-order chi connectivity index (χ0) is 17.1. The fraction of sp³-hybridized carbons (Fsp3) is 0.158. The van der Waals surface area contributed by atoms with E-state index in [1.54, 1.807) is 25.3 Å². The van der Waals surface area contributed by atoms with E-state index in [2.05, 4.69) is 0 Å². The Hall–Kier alpha value is -3.08. The molecular formula is C19H18N2O3. The molecule has 0 aliphatic carbocycles. The van der Waals surface area contributed by atoms with Crippen LogP contribution in [0.3, 0.4) is 0 Å². The van der Waals surface area contributed by atoms with Crippen LogP contribution in [0.1, 0.15) is 22.8 Å². The minimum Gasteiger partial charge on any atom is -0.462 e. The van der Waals surface area contributed by atoms with E-state index in [4.69, 9.17) is 10.5 Å². The lowest BCUT2D eigenvalue weighted by Gasteiger charge is -2.14. The van der Waals surface area contributed by atoms with E-state index in [0.717, 1.165) is 5.56 Å². The zero-order valence-electron chi connectivity index (χ0n) is 13.4. The second-order valence-corrected chi connectivity index (χ2v) is 5.45. The highest BCUT2D eigenvalue weighted by atomic mass is 16.5. The number of fused-ring (bicyclic) bond motifs is 1. The Morgan fingerprint density at radius 3 is 2.58 bits per heavy atom. The molecule has 1 heterocycles. The number of esters is 1. The number of aromatic nitrogens is 1. The van der Waals surface area contributed by atoms with E-state index in [1.807, 2.05) is 41.0 Å². The van der Waals surface area contributed by atoms with Gasteiger partial charge >= 0.3 is 5.97 Å². The topological polar surface area (TPSA) is 74.3 Å². The third-order valence-electron chi connectivity index (χ3n) is 3.83. The van der Waals surface area contributed by atoms with Crippen molar-refractivity contribution >= 4 is 22.6 Å². The first-order valence-corrected chi connectivity index (χ1v) is 7.74. The van der Waals surface area contributed by atoms with Crippen molar-refractivity contribution in [3.05, 3.63) is 76.1 Å². The maximum absolute atomic E-state index is 12.7. The summed E-state index contributed by atoms with van der Waals surface area (Å²) in [6.45, 7) is 2.43. The Labute approximate surface area is 139 Å². The predicted octanol–water partition coefficient (Wildman–Crippen LogP) is 2.81. The quantitative estimate of drug-likeness (QED) is 0.592. The molecular weight excluding hydrogens is 304 g/mol. The fourth-order valence-electron chi connectivity index (χ4n) is 2.73. The third-order valence-corrected chi connectivity index (χ3v) is 3.83. The van der Waals surface area contributed by atoms with E-state index in [9.17, 15) is 9.59 Å². The largest absolute Gasteiger partial charge is 0.462 e. The molecule has 1 aromatic heterocycles. The summed E-state index contributed by atoms with van der Waals surface area (Å²) >= 11 is 0. The summed E-state index contributed by atoms with van der Waals surface area (Å²) in [6.07, 6.45) is 1.55. The SMILES string of the molecule is CCOC(=O)c1cn(Cc2ccccc2)c2cccc(N)c2c1=O. The number of carbonyl (C=O) groups is 1. The van der Waals surface area contributed by atoms with Gasteiger partial charge in [0.1, 0.15) is 5.56 Å². The van der Waals surface area contributed by atoms with Gasteiger partial charge in [-0.25, -0.2) is 4.79 Å². The lowest BCUT2D eigenvalue weighted by molar-refractivity contribution is 0.0524. The maximum atomic E-state index is 12.7. The summed E-state index contributed by atoms with van der Waals surface area (Å²) in [6, 6.07) is 15.1. The summed E-state index contributed by atoms with van der Waals surface area (Å²) in [7, 11) is 0. The monoisotopic (exact) mass is 322 g/mol. The van der Waals surface area contributed by atoms with Gasteiger partial charge in [0.2, 0.25) is 5.43 Å². The Morgan fingerprint density at radius 2 is 1.88 bits per heavy atom. The van der Waals surface area contributed by atoms with Crippen molar-refractivity contribution in [1.82, 2.24) is 4.57 Å². The Morgan fingerprint density at radius 1 is 1.12 bits per heavy atom. The molecule has 0 unspecified atom stereocenters. The van der Waals surface area contributed by atoms with Crippen molar-refractivity contribution in [2.45, 2.75) is 13.5 Å². The molecule has 2 aromatic carbocycles. The number of anilines is 1. The molecule has 0 bridgehead atoms. The first-order chi connectivity index (χ1) is 11.6. The number of hydrogen-bond donors (Lipinski definition) is 1. The zero-order valence-corrected chi connectivity index (χ0v) is 13.4. The molecule has 5 heteroatoms. The van der Waals surface area contributed by atoms with Crippen molar-refractivity contribution in [2.75, 3.05) is 12.3 Å². The molecule has 5 nitrogen and oxygen atoms in total. The van der Waals surface area contributed by atoms with Crippen LogP contribution in [0.25, 0.3) is 10.9 Å². The first-order valence-electron chi connectivity index (χ1n) is 7.74. The number of rotatable bonds is 4. The van der Waals surface area contributed by atoms with Crippen LogP contribution < -0.4 is 11.2 Å². The molecule has 2 N–H and O–H groups in total. The molecule has 0 spiro atoms. The standard InChI is InChI=1S/C19H18N2O3/c1-2-24-19(23)14-12-21(11-13-7-4-3-5-8-13)16-10-6-9-15(20)17(16)18(14)22/h3-10,12H,2,11,20H2,1H3. The summed E-state index contributed by atoms with van der Waals surface area (Å²) in [4.78, 5) is 24.8. The second kappa shape index (κ2) is 6.58. The molecule has 0 radical (unpaired) electrons. The third kappa shape index (κ3) is 2.88.